The van der Waals surface area contributed by atoms with Crippen LogP contribution in [0.5, 0.6) is 5.75 Å². The van der Waals surface area contributed by atoms with Gasteiger partial charge in [0, 0.05) is 32.1 Å². The molecule has 3 unspecified atom stereocenters. The normalized spacial score (nSPS) is 30.1. The number of nitrogens with two attached hydrogens (primary N) is 1. The van der Waals surface area contributed by atoms with Gasteiger partial charge in [-0.2, -0.15) is 0 Å². The van der Waals surface area contributed by atoms with Crippen molar-refractivity contribution >= 4 is 0 Å². The van der Waals surface area contributed by atoms with Gasteiger partial charge < -0.3 is 15.2 Å². The maximum atomic E-state index is 6.08. The molecule has 4 heteroatoms. The molecule has 3 heterocycles. The fourth-order valence-electron chi connectivity index (χ4n) is 3.81. The Morgan fingerprint density at radius 1 is 1.25 bits per heavy atom. The molecule has 2 saturated heterocycles. The van der Waals surface area contributed by atoms with Gasteiger partial charge in [0.05, 0.1) is 18.8 Å². The lowest BCUT2D eigenvalue weighted by Crippen LogP contribution is -2.46. The van der Waals surface area contributed by atoms with E-state index in [-0.39, 0.29) is 0 Å². The minimum Gasteiger partial charge on any atom is -0.493 e. The zero-order valence-corrected chi connectivity index (χ0v) is 11.8. The molecule has 0 radical (unpaired) electrons. The van der Waals surface area contributed by atoms with Gasteiger partial charge in [-0.05, 0) is 30.0 Å². The third-order valence-corrected chi connectivity index (χ3v) is 4.83. The number of nitrogens with zero attached hydrogens (tertiary/aromatic N) is 1. The van der Waals surface area contributed by atoms with E-state index in [4.69, 9.17) is 15.2 Å². The van der Waals surface area contributed by atoms with E-state index in [2.05, 4.69) is 23.1 Å². The predicted molar refractivity (Wildman–Crippen MR) is 76.9 cm³/mol. The first-order valence-corrected chi connectivity index (χ1v) is 7.68. The molecule has 3 aliphatic rings. The van der Waals surface area contributed by atoms with Crippen LogP contribution in [0.25, 0.3) is 0 Å². The Bertz CT molecular complexity index is 493. The third kappa shape index (κ3) is 2.12. The fraction of sp³-hybridized carbons (Fsp3) is 0.625. The van der Waals surface area contributed by atoms with Crippen LogP contribution in [-0.2, 0) is 11.2 Å². The largest absolute Gasteiger partial charge is 0.493 e. The van der Waals surface area contributed by atoms with Crippen LogP contribution < -0.4 is 10.5 Å². The van der Waals surface area contributed by atoms with Crippen LogP contribution in [0.2, 0.25) is 0 Å². The van der Waals surface area contributed by atoms with E-state index < -0.39 is 0 Å². The highest BCUT2D eigenvalue weighted by atomic mass is 16.5. The van der Waals surface area contributed by atoms with Crippen LogP contribution in [0.15, 0.2) is 18.2 Å². The molecule has 4 rings (SSSR count). The molecule has 1 aromatic carbocycles. The quantitative estimate of drug-likeness (QED) is 0.907. The lowest BCUT2D eigenvalue weighted by atomic mass is 10.0. The summed E-state index contributed by atoms with van der Waals surface area (Å²) in [5.41, 5.74) is 8.74. The summed E-state index contributed by atoms with van der Waals surface area (Å²) < 4.78 is 11.5. The summed E-state index contributed by atoms with van der Waals surface area (Å²) in [4.78, 5) is 2.52. The number of hydrogen-bond acceptors (Lipinski definition) is 4. The zero-order valence-electron chi connectivity index (χ0n) is 11.8. The van der Waals surface area contributed by atoms with Gasteiger partial charge in [-0.1, -0.05) is 12.1 Å². The van der Waals surface area contributed by atoms with Crippen molar-refractivity contribution in [1.82, 2.24) is 4.90 Å². The van der Waals surface area contributed by atoms with Crippen LogP contribution in [0.4, 0.5) is 0 Å². The number of morpholine rings is 1. The van der Waals surface area contributed by atoms with Crippen molar-refractivity contribution in [3.8, 4) is 5.75 Å². The number of benzene rings is 1. The summed E-state index contributed by atoms with van der Waals surface area (Å²) in [7, 11) is 0. The van der Waals surface area contributed by atoms with E-state index >= 15 is 0 Å². The van der Waals surface area contributed by atoms with E-state index in [0.29, 0.717) is 24.8 Å². The van der Waals surface area contributed by atoms with Crippen LogP contribution in [0.1, 0.15) is 30.0 Å². The fourth-order valence-corrected chi connectivity index (χ4v) is 3.81. The summed E-state index contributed by atoms with van der Waals surface area (Å²) in [6.45, 7) is 3.52. The summed E-state index contributed by atoms with van der Waals surface area (Å²) in [5.74, 6) is 1.05. The Kier molecular flexibility index (Phi) is 3.17. The molecule has 20 heavy (non-hydrogen) atoms. The predicted octanol–water partition coefficient (Wildman–Crippen LogP) is 1.48. The van der Waals surface area contributed by atoms with Crippen molar-refractivity contribution < 1.29 is 9.47 Å². The summed E-state index contributed by atoms with van der Waals surface area (Å²) in [6, 6.07) is 6.89. The number of likely N-dealkylation sites (tertiary alicyclic amines) is 1. The molecule has 3 aliphatic heterocycles. The lowest BCUT2D eigenvalue weighted by Gasteiger charge is -2.37. The zero-order chi connectivity index (χ0) is 13.5. The van der Waals surface area contributed by atoms with Gasteiger partial charge >= 0.3 is 0 Å². The van der Waals surface area contributed by atoms with Crippen molar-refractivity contribution in [2.24, 2.45) is 5.73 Å². The van der Waals surface area contributed by atoms with Crippen LogP contribution in [-0.4, -0.2) is 43.3 Å². The molecule has 3 atom stereocenters. The molecule has 2 N–H and O–H groups in total. The van der Waals surface area contributed by atoms with Gasteiger partial charge in [0.15, 0.2) is 0 Å². The molecule has 4 nitrogen and oxygen atoms in total. The number of fused-ring (bicyclic) bond motifs is 3. The average molecular weight is 274 g/mol. The van der Waals surface area contributed by atoms with Gasteiger partial charge in [-0.15, -0.1) is 0 Å². The van der Waals surface area contributed by atoms with Crippen molar-refractivity contribution in [1.29, 1.82) is 0 Å². The van der Waals surface area contributed by atoms with Gasteiger partial charge in [0.25, 0.3) is 0 Å². The SMILES string of the molecule is NCC(c1ccc2c(c1)CCO2)N1CC2CCC(C1)O2. The molecule has 0 saturated carbocycles. The smallest absolute Gasteiger partial charge is 0.122 e. The van der Waals surface area contributed by atoms with Crippen LogP contribution >= 0.6 is 0 Å². The van der Waals surface area contributed by atoms with Gasteiger partial charge in [0.1, 0.15) is 5.75 Å². The maximum absolute atomic E-state index is 6.08. The topological polar surface area (TPSA) is 47.7 Å². The molecule has 0 amide bonds. The first-order valence-electron chi connectivity index (χ1n) is 7.68. The minimum atomic E-state index is 0.313. The van der Waals surface area contributed by atoms with Crippen LogP contribution in [0, 0.1) is 0 Å². The maximum Gasteiger partial charge on any atom is 0.122 e. The summed E-state index contributed by atoms with van der Waals surface area (Å²) in [6.07, 6.45) is 4.27. The van der Waals surface area contributed by atoms with Crippen molar-refractivity contribution in [3.63, 3.8) is 0 Å². The molecule has 0 aliphatic carbocycles. The summed E-state index contributed by atoms with van der Waals surface area (Å²) >= 11 is 0. The Balaban J connectivity index is 1.58. The standard InChI is InChI=1S/C16H22N2O2/c17-8-15(18-9-13-2-3-14(10-18)20-13)11-1-4-16-12(7-11)5-6-19-16/h1,4,7,13-15H,2-3,5-6,8-10,17H2. The van der Waals surface area contributed by atoms with E-state index in [1.54, 1.807) is 0 Å². The minimum absolute atomic E-state index is 0.313. The summed E-state index contributed by atoms with van der Waals surface area (Å²) in [5, 5.41) is 0. The molecule has 2 bridgehead atoms. The molecule has 0 spiro atoms. The Hall–Kier alpha value is -1.10. The van der Waals surface area contributed by atoms with Crippen molar-refractivity contribution in [2.75, 3.05) is 26.2 Å². The van der Waals surface area contributed by atoms with Gasteiger partial charge in [-0.3, -0.25) is 4.90 Å². The Morgan fingerprint density at radius 2 is 2.05 bits per heavy atom. The molecule has 108 valence electrons. The van der Waals surface area contributed by atoms with E-state index in [9.17, 15) is 0 Å². The second-order valence-corrected chi connectivity index (χ2v) is 6.13. The van der Waals surface area contributed by atoms with Crippen molar-refractivity contribution in [3.05, 3.63) is 29.3 Å². The number of rotatable bonds is 3. The Labute approximate surface area is 119 Å². The molecular weight excluding hydrogens is 252 g/mol. The molecule has 0 aromatic heterocycles. The third-order valence-electron chi connectivity index (χ3n) is 4.83. The van der Waals surface area contributed by atoms with Crippen molar-refractivity contribution in [2.45, 2.75) is 37.5 Å². The van der Waals surface area contributed by atoms with E-state index in [0.717, 1.165) is 31.9 Å². The Morgan fingerprint density at radius 3 is 2.80 bits per heavy atom. The highest BCUT2D eigenvalue weighted by molar-refractivity contribution is 5.41. The highest BCUT2D eigenvalue weighted by Gasteiger charge is 2.36. The monoisotopic (exact) mass is 274 g/mol. The van der Waals surface area contributed by atoms with Gasteiger partial charge in [0.2, 0.25) is 0 Å². The van der Waals surface area contributed by atoms with E-state index in [1.165, 1.54) is 24.0 Å². The number of hydrogen-bond donors (Lipinski definition) is 1. The second-order valence-electron chi connectivity index (χ2n) is 6.13. The second kappa shape index (κ2) is 5.02. The first-order chi connectivity index (χ1) is 9.83. The molecule has 1 aromatic rings. The molecule has 2 fully saturated rings. The average Bonchev–Trinajstić information content (AvgIpc) is 3.05. The lowest BCUT2D eigenvalue weighted by molar-refractivity contribution is -0.0521. The van der Waals surface area contributed by atoms with Crippen LogP contribution in [0.3, 0.4) is 0 Å². The molecular formula is C16H22N2O2. The van der Waals surface area contributed by atoms with E-state index in [1.807, 2.05) is 0 Å². The number of ether oxygens (including phenoxy) is 2. The first kappa shape index (κ1) is 12.6. The highest BCUT2D eigenvalue weighted by Crippen LogP contribution is 2.34. The van der Waals surface area contributed by atoms with Gasteiger partial charge in [-0.25, -0.2) is 0 Å².